The molecule has 0 unspecified atom stereocenters. The highest BCUT2D eigenvalue weighted by atomic mass is 15.6. The van der Waals surface area contributed by atoms with E-state index in [9.17, 15) is 0 Å². The molecule has 0 aliphatic carbocycles. The number of rotatable bonds is 1. The first-order valence-corrected chi connectivity index (χ1v) is 3.22. The Kier molecular flexibility index (Phi) is 2.41. The number of nitrogens with two attached hydrogens (primary N) is 1. The maximum absolute atomic E-state index is 5.21. The van der Waals surface area contributed by atoms with E-state index in [1.165, 1.54) is 0 Å². The molecule has 0 spiro atoms. The Hall–Kier alpha value is -0.160. The zero-order chi connectivity index (χ0) is 6.69. The molecule has 0 aromatic carbocycles. The van der Waals surface area contributed by atoms with E-state index >= 15 is 0 Å². The van der Waals surface area contributed by atoms with E-state index in [0.717, 1.165) is 26.2 Å². The van der Waals surface area contributed by atoms with Crippen LogP contribution in [0.1, 0.15) is 0 Å². The average Bonchev–Trinajstić information content (AvgIpc) is 1.90. The van der Waals surface area contributed by atoms with Crippen LogP contribution in [0.2, 0.25) is 0 Å². The Balaban J connectivity index is 2.18. The van der Waals surface area contributed by atoms with Gasteiger partial charge in [-0.3, -0.25) is 5.84 Å². The summed E-state index contributed by atoms with van der Waals surface area (Å²) < 4.78 is 0. The van der Waals surface area contributed by atoms with Crippen molar-refractivity contribution in [1.82, 2.24) is 15.4 Å². The van der Waals surface area contributed by atoms with Crippen LogP contribution in [0.15, 0.2) is 0 Å². The van der Waals surface area contributed by atoms with E-state index in [-0.39, 0.29) is 0 Å². The molecule has 0 aromatic heterocycles. The van der Waals surface area contributed by atoms with Gasteiger partial charge in [-0.1, -0.05) is 0 Å². The molecule has 1 saturated heterocycles. The summed E-state index contributed by atoms with van der Waals surface area (Å²) >= 11 is 0. The molecule has 3 N–H and O–H groups in total. The van der Waals surface area contributed by atoms with Gasteiger partial charge in [0.15, 0.2) is 0 Å². The van der Waals surface area contributed by atoms with Gasteiger partial charge in [0.1, 0.15) is 0 Å². The maximum Gasteiger partial charge on any atom is 0.0272 e. The van der Waals surface area contributed by atoms with Gasteiger partial charge < -0.3 is 4.90 Å². The molecule has 0 atom stereocenters. The molecule has 4 heteroatoms. The van der Waals surface area contributed by atoms with Crippen molar-refractivity contribution < 1.29 is 0 Å². The summed E-state index contributed by atoms with van der Waals surface area (Å²) in [6.45, 7) is 4.24. The van der Waals surface area contributed by atoms with Gasteiger partial charge >= 0.3 is 0 Å². The first kappa shape index (κ1) is 6.95. The third-order valence-corrected chi connectivity index (χ3v) is 1.69. The van der Waals surface area contributed by atoms with Gasteiger partial charge in [-0.25, -0.2) is 5.01 Å². The number of hydrogen-bond donors (Lipinski definition) is 2. The third-order valence-electron chi connectivity index (χ3n) is 1.69. The lowest BCUT2D eigenvalue weighted by Gasteiger charge is -2.30. The second-order valence-corrected chi connectivity index (χ2v) is 2.42. The van der Waals surface area contributed by atoms with E-state index in [0.29, 0.717) is 0 Å². The number of nitrogens with one attached hydrogen (secondary N) is 1. The van der Waals surface area contributed by atoms with Crippen molar-refractivity contribution in [3.63, 3.8) is 0 Å². The van der Waals surface area contributed by atoms with Crippen LogP contribution < -0.4 is 11.4 Å². The molecular weight excluding hydrogens is 116 g/mol. The van der Waals surface area contributed by atoms with E-state index in [4.69, 9.17) is 5.84 Å². The summed E-state index contributed by atoms with van der Waals surface area (Å²) in [5.74, 6) is 5.21. The zero-order valence-corrected chi connectivity index (χ0v) is 5.80. The van der Waals surface area contributed by atoms with Gasteiger partial charge in [-0.2, -0.15) is 5.53 Å². The Labute approximate surface area is 55.5 Å². The number of piperazine rings is 1. The molecule has 0 aromatic rings. The summed E-state index contributed by atoms with van der Waals surface area (Å²) in [6.07, 6.45) is 0. The molecule has 0 amide bonds. The van der Waals surface area contributed by atoms with Crippen LogP contribution in [-0.4, -0.2) is 43.1 Å². The van der Waals surface area contributed by atoms with Crippen LogP contribution in [0.25, 0.3) is 0 Å². The number of likely N-dealkylation sites (N-methyl/N-ethyl adjacent to an activating group) is 1. The Bertz CT molecular complexity index is 77.0. The first-order chi connectivity index (χ1) is 4.33. The van der Waals surface area contributed by atoms with Crippen molar-refractivity contribution in [3.05, 3.63) is 0 Å². The normalized spacial score (nSPS) is 24.7. The van der Waals surface area contributed by atoms with Crippen molar-refractivity contribution in [2.24, 2.45) is 5.84 Å². The summed E-state index contributed by atoms with van der Waals surface area (Å²) in [5.41, 5.74) is 2.63. The quantitative estimate of drug-likeness (QED) is 0.339. The lowest BCUT2D eigenvalue weighted by molar-refractivity contribution is 0.105. The van der Waals surface area contributed by atoms with Crippen LogP contribution in [0.3, 0.4) is 0 Å². The van der Waals surface area contributed by atoms with Gasteiger partial charge in [-0.05, 0) is 7.05 Å². The van der Waals surface area contributed by atoms with Crippen LogP contribution in [0.4, 0.5) is 0 Å². The predicted molar refractivity (Wildman–Crippen MR) is 36.4 cm³/mol. The van der Waals surface area contributed by atoms with Gasteiger partial charge in [0, 0.05) is 26.2 Å². The predicted octanol–water partition coefficient (Wildman–Crippen LogP) is -1.39. The minimum atomic E-state index is 1.02. The van der Waals surface area contributed by atoms with E-state index in [1.54, 1.807) is 0 Å². The van der Waals surface area contributed by atoms with Crippen molar-refractivity contribution in [2.45, 2.75) is 0 Å². The Morgan fingerprint density at radius 2 is 1.78 bits per heavy atom. The molecule has 0 saturated carbocycles. The summed E-state index contributed by atoms with van der Waals surface area (Å²) in [5, 5.41) is 2.01. The Morgan fingerprint density at radius 3 is 2.22 bits per heavy atom. The number of hydrazine groups is 2. The fourth-order valence-corrected chi connectivity index (χ4v) is 0.936. The smallest absolute Gasteiger partial charge is 0.0272 e. The second-order valence-electron chi connectivity index (χ2n) is 2.42. The van der Waals surface area contributed by atoms with Crippen LogP contribution in [-0.2, 0) is 0 Å². The Morgan fingerprint density at radius 1 is 1.22 bits per heavy atom. The molecule has 9 heavy (non-hydrogen) atoms. The summed E-state index contributed by atoms with van der Waals surface area (Å²) in [6, 6.07) is 0. The fraction of sp³-hybridized carbons (Fsp3) is 1.00. The summed E-state index contributed by atoms with van der Waals surface area (Å²) in [7, 11) is 2.12. The second kappa shape index (κ2) is 3.12. The molecule has 1 fully saturated rings. The van der Waals surface area contributed by atoms with Crippen LogP contribution in [0.5, 0.6) is 0 Å². The topological polar surface area (TPSA) is 44.5 Å². The molecule has 4 nitrogen and oxygen atoms in total. The van der Waals surface area contributed by atoms with E-state index in [2.05, 4.69) is 17.5 Å². The minimum Gasteiger partial charge on any atom is -0.304 e. The molecule has 1 aliphatic heterocycles. The SMILES string of the molecule is CN1CCN(NN)CC1. The van der Waals surface area contributed by atoms with Crippen molar-refractivity contribution in [2.75, 3.05) is 33.2 Å². The van der Waals surface area contributed by atoms with Gasteiger partial charge in [0.25, 0.3) is 0 Å². The van der Waals surface area contributed by atoms with Crippen molar-refractivity contribution >= 4 is 0 Å². The van der Waals surface area contributed by atoms with Gasteiger partial charge in [0.05, 0.1) is 0 Å². The van der Waals surface area contributed by atoms with Gasteiger partial charge in [-0.15, -0.1) is 0 Å². The lowest BCUT2D eigenvalue weighted by atomic mass is 10.4. The first-order valence-electron chi connectivity index (χ1n) is 3.22. The highest BCUT2D eigenvalue weighted by Crippen LogP contribution is 1.92. The molecular formula is C5H14N4. The third kappa shape index (κ3) is 1.91. The zero-order valence-electron chi connectivity index (χ0n) is 5.80. The van der Waals surface area contributed by atoms with Crippen LogP contribution >= 0.6 is 0 Å². The molecule has 1 aliphatic rings. The lowest BCUT2D eigenvalue weighted by Crippen LogP contribution is -2.53. The molecule has 1 heterocycles. The highest BCUT2D eigenvalue weighted by molar-refractivity contribution is 4.64. The monoisotopic (exact) mass is 130 g/mol. The fourth-order valence-electron chi connectivity index (χ4n) is 0.936. The highest BCUT2D eigenvalue weighted by Gasteiger charge is 2.10. The maximum atomic E-state index is 5.21. The van der Waals surface area contributed by atoms with E-state index < -0.39 is 0 Å². The van der Waals surface area contributed by atoms with Crippen molar-refractivity contribution in [1.29, 1.82) is 0 Å². The molecule has 1 rings (SSSR count). The standard InChI is InChI=1S/C5H14N4/c1-8-2-4-9(7-6)5-3-8/h7H,2-6H2,1H3. The summed E-state index contributed by atoms with van der Waals surface area (Å²) in [4.78, 5) is 2.29. The minimum absolute atomic E-state index is 1.02. The average molecular weight is 130 g/mol. The molecule has 0 bridgehead atoms. The molecule has 54 valence electrons. The number of hydrogen-bond acceptors (Lipinski definition) is 4. The van der Waals surface area contributed by atoms with E-state index in [1.807, 2.05) is 5.01 Å². The largest absolute Gasteiger partial charge is 0.304 e. The number of nitrogens with zero attached hydrogens (tertiary/aromatic N) is 2. The van der Waals surface area contributed by atoms with Gasteiger partial charge in [0.2, 0.25) is 0 Å². The van der Waals surface area contributed by atoms with Crippen LogP contribution in [0, 0.1) is 0 Å². The van der Waals surface area contributed by atoms with Crippen molar-refractivity contribution in [3.8, 4) is 0 Å². The molecule has 0 radical (unpaired) electrons.